The largest absolute Gasteiger partial charge is 0.392 e. The van der Waals surface area contributed by atoms with Gasteiger partial charge in [-0.1, -0.05) is 6.42 Å². The highest BCUT2D eigenvalue weighted by Gasteiger charge is 2.43. The highest BCUT2D eigenvalue weighted by molar-refractivity contribution is 5.05. The second-order valence-electron chi connectivity index (χ2n) is 5.46. The van der Waals surface area contributed by atoms with Crippen LogP contribution in [0.1, 0.15) is 31.2 Å². The second-order valence-corrected chi connectivity index (χ2v) is 5.46. The summed E-state index contributed by atoms with van der Waals surface area (Å²) in [6.45, 7) is 0. The maximum absolute atomic E-state index is 12.7. The normalized spacial score (nSPS) is 26.4. The first-order valence-corrected chi connectivity index (χ1v) is 6.58. The van der Waals surface area contributed by atoms with Gasteiger partial charge in [-0.2, -0.15) is 18.3 Å². The summed E-state index contributed by atoms with van der Waals surface area (Å²) in [7, 11) is 1.77. The maximum Gasteiger partial charge on any atom is 0.391 e. The molecular weight excluding hydrogens is 257 g/mol. The van der Waals surface area contributed by atoms with Gasteiger partial charge in [-0.15, -0.1) is 0 Å². The molecule has 1 N–H and O–H groups in total. The topological polar surface area (TPSA) is 38.0 Å². The van der Waals surface area contributed by atoms with Gasteiger partial charge in [0.1, 0.15) is 0 Å². The van der Waals surface area contributed by atoms with Crippen molar-refractivity contribution in [2.75, 3.05) is 0 Å². The van der Waals surface area contributed by atoms with Gasteiger partial charge in [0.2, 0.25) is 0 Å². The van der Waals surface area contributed by atoms with Gasteiger partial charge in [-0.05, 0) is 30.7 Å². The van der Waals surface area contributed by atoms with E-state index in [-0.39, 0.29) is 18.8 Å². The Balaban J connectivity index is 1.93. The Labute approximate surface area is 110 Å². The quantitative estimate of drug-likeness (QED) is 0.921. The fraction of sp³-hybridized carbons (Fsp3) is 0.769. The van der Waals surface area contributed by atoms with E-state index in [0.29, 0.717) is 19.3 Å². The Kier molecular flexibility index (Phi) is 4.18. The fourth-order valence-corrected chi connectivity index (χ4v) is 2.86. The number of nitrogens with zero attached hydrogens (tertiary/aromatic N) is 2. The van der Waals surface area contributed by atoms with Crippen LogP contribution in [0.4, 0.5) is 13.2 Å². The fourth-order valence-electron chi connectivity index (χ4n) is 2.86. The van der Waals surface area contributed by atoms with Gasteiger partial charge >= 0.3 is 6.18 Å². The van der Waals surface area contributed by atoms with E-state index < -0.39 is 18.2 Å². The van der Waals surface area contributed by atoms with Crippen molar-refractivity contribution in [2.45, 2.75) is 44.4 Å². The Bertz CT molecular complexity index is 416. The smallest absolute Gasteiger partial charge is 0.391 e. The molecule has 19 heavy (non-hydrogen) atoms. The zero-order valence-electron chi connectivity index (χ0n) is 10.9. The Morgan fingerprint density at radius 2 is 2.21 bits per heavy atom. The van der Waals surface area contributed by atoms with Gasteiger partial charge in [-0.3, -0.25) is 4.68 Å². The average Bonchev–Trinajstić information content (AvgIpc) is 2.74. The van der Waals surface area contributed by atoms with Gasteiger partial charge in [0.25, 0.3) is 0 Å². The zero-order chi connectivity index (χ0) is 14.0. The van der Waals surface area contributed by atoms with Crippen molar-refractivity contribution >= 4 is 0 Å². The number of aryl methyl sites for hydroxylation is 1. The van der Waals surface area contributed by atoms with Gasteiger partial charge in [0, 0.05) is 19.7 Å². The summed E-state index contributed by atoms with van der Waals surface area (Å²) < 4.78 is 39.8. The number of alkyl halides is 3. The van der Waals surface area contributed by atoms with Crippen molar-refractivity contribution in [3.63, 3.8) is 0 Å². The first-order valence-electron chi connectivity index (χ1n) is 6.58. The van der Waals surface area contributed by atoms with Gasteiger partial charge in [0.05, 0.1) is 18.2 Å². The molecule has 1 fully saturated rings. The number of aromatic nitrogens is 2. The lowest BCUT2D eigenvalue weighted by atomic mass is 9.77. The van der Waals surface area contributed by atoms with Crippen molar-refractivity contribution in [3.05, 3.63) is 18.0 Å². The monoisotopic (exact) mass is 276 g/mol. The van der Waals surface area contributed by atoms with E-state index in [1.807, 2.05) is 0 Å². The predicted molar refractivity (Wildman–Crippen MR) is 64.4 cm³/mol. The molecule has 6 heteroatoms. The van der Waals surface area contributed by atoms with Crippen molar-refractivity contribution in [1.82, 2.24) is 9.78 Å². The molecule has 3 unspecified atom stereocenters. The van der Waals surface area contributed by atoms with Crippen LogP contribution in [-0.4, -0.2) is 27.2 Å². The number of aliphatic hydroxyl groups excluding tert-OH is 1. The van der Waals surface area contributed by atoms with Crippen molar-refractivity contribution in [1.29, 1.82) is 0 Å². The summed E-state index contributed by atoms with van der Waals surface area (Å²) in [6.07, 6.45) is 0.419. The average molecular weight is 276 g/mol. The molecule has 0 spiro atoms. The van der Waals surface area contributed by atoms with Gasteiger partial charge < -0.3 is 5.11 Å². The van der Waals surface area contributed by atoms with E-state index in [2.05, 4.69) is 5.10 Å². The van der Waals surface area contributed by atoms with Crippen LogP contribution in [0, 0.1) is 11.8 Å². The summed E-state index contributed by atoms with van der Waals surface area (Å²) in [5.41, 5.74) is 0.865. The summed E-state index contributed by atoms with van der Waals surface area (Å²) in [5.74, 6) is -1.52. The molecule has 108 valence electrons. The van der Waals surface area contributed by atoms with Crippen LogP contribution in [0.3, 0.4) is 0 Å². The molecule has 0 aromatic carbocycles. The van der Waals surface area contributed by atoms with Crippen molar-refractivity contribution < 1.29 is 18.3 Å². The molecule has 3 atom stereocenters. The van der Waals surface area contributed by atoms with E-state index >= 15 is 0 Å². The molecule has 1 aliphatic carbocycles. The molecule has 1 saturated carbocycles. The molecule has 1 heterocycles. The van der Waals surface area contributed by atoms with Gasteiger partial charge in [0.15, 0.2) is 0 Å². The van der Waals surface area contributed by atoms with E-state index in [0.717, 1.165) is 5.56 Å². The Hall–Kier alpha value is -1.04. The number of halogens is 3. The molecule has 2 rings (SSSR count). The second kappa shape index (κ2) is 5.53. The van der Waals surface area contributed by atoms with Crippen LogP contribution in [0.15, 0.2) is 12.4 Å². The summed E-state index contributed by atoms with van der Waals surface area (Å²) >= 11 is 0. The molecule has 1 aliphatic rings. The molecule has 0 radical (unpaired) electrons. The number of hydrogen-bond acceptors (Lipinski definition) is 2. The highest BCUT2D eigenvalue weighted by Crippen LogP contribution is 2.41. The van der Waals surface area contributed by atoms with Crippen molar-refractivity contribution in [3.8, 4) is 0 Å². The summed E-state index contributed by atoms with van der Waals surface area (Å²) in [5, 5.41) is 14.1. The van der Waals surface area contributed by atoms with Crippen LogP contribution in [0.25, 0.3) is 0 Å². The molecule has 3 nitrogen and oxygen atoms in total. The minimum atomic E-state index is -4.13. The van der Waals surface area contributed by atoms with Crippen molar-refractivity contribution in [2.24, 2.45) is 18.9 Å². The van der Waals surface area contributed by atoms with Crippen LogP contribution < -0.4 is 0 Å². The van der Waals surface area contributed by atoms with Crippen LogP contribution >= 0.6 is 0 Å². The minimum absolute atomic E-state index is 0.0466. The Morgan fingerprint density at radius 3 is 2.79 bits per heavy atom. The first-order chi connectivity index (χ1) is 8.86. The number of hydrogen-bond donors (Lipinski definition) is 1. The third-order valence-electron chi connectivity index (χ3n) is 3.93. The van der Waals surface area contributed by atoms with Crippen LogP contribution in [0.5, 0.6) is 0 Å². The molecule has 0 amide bonds. The molecule has 1 aromatic rings. The number of rotatable bonds is 3. The lowest BCUT2D eigenvalue weighted by molar-refractivity contribution is -0.188. The van der Waals surface area contributed by atoms with E-state index in [1.165, 1.54) is 0 Å². The van der Waals surface area contributed by atoms with E-state index in [9.17, 15) is 18.3 Å². The third kappa shape index (κ3) is 3.72. The van der Waals surface area contributed by atoms with Crippen LogP contribution in [-0.2, 0) is 13.5 Å². The summed E-state index contributed by atoms with van der Waals surface area (Å²) in [6, 6.07) is 0. The molecule has 0 bridgehead atoms. The highest BCUT2D eigenvalue weighted by atomic mass is 19.4. The summed E-state index contributed by atoms with van der Waals surface area (Å²) in [4.78, 5) is 0. The van der Waals surface area contributed by atoms with E-state index in [4.69, 9.17) is 0 Å². The molecule has 0 saturated heterocycles. The Morgan fingerprint density at radius 1 is 1.47 bits per heavy atom. The first kappa shape index (κ1) is 14.4. The molecule has 0 aliphatic heterocycles. The molecule has 1 aromatic heterocycles. The lowest BCUT2D eigenvalue weighted by Gasteiger charge is -2.33. The standard InChI is InChI=1S/C13H19F3N2O/c1-18-8-9(7-17-18)5-12(19)10-3-2-4-11(6-10)13(14,15)16/h7-8,10-12,19H,2-6H2,1H3. The minimum Gasteiger partial charge on any atom is -0.392 e. The lowest BCUT2D eigenvalue weighted by Crippen LogP contribution is -2.34. The van der Waals surface area contributed by atoms with E-state index in [1.54, 1.807) is 24.1 Å². The third-order valence-corrected chi connectivity index (χ3v) is 3.93. The number of aliphatic hydroxyl groups is 1. The molecular formula is C13H19F3N2O. The predicted octanol–water partition coefficient (Wildman–Crippen LogP) is 2.69. The van der Waals surface area contributed by atoms with Gasteiger partial charge in [-0.25, -0.2) is 0 Å². The van der Waals surface area contributed by atoms with Crippen LogP contribution in [0.2, 0.25) is 0 Å². The zero-order valence-corrected chi connectivity index (χ0v) is 10.9. The SMILES string of the molecule is Cn1cc(CC(O)C2CCCC(C(F)(F)F)C2)cn1. The maximum atomic E-state index is 12.7.